The van der Waals surface area contributed by atoms with E-state index in [4.69, 9.17) is 9.05 Å². The fourth-order valence-corrected chi connectivity index (χ4v) is 2.26. The van der Waals surface area contributed by atoms with Crippen molar-refractivity contribution in [3.63, 3.8) is 0 Å². The van der Waals surface area contributed by atoms with Gasteiger partial charge in [0.15, 0.2) is 5.82 Å². The Morgan fingerprint density at radius 2 is 1.62 bits per heavy atom. The van der Waals surface area contributed by atoms with Crippen LogP contribution < -0.4 is 0 Å². The van der Waals surface area contributed by atoms with Gasteiger partial charge in [0.25, 0.3) is 0 Å². The molecule has 2 heterocycles. The van der Waals surface area contributed by atoms with Crippen LogP contribution in [0, 0.1) is 5.82 Å². The molecule has 4 rings (SSSR count). The van der Waals surface area contributed by atoms with Gasteiger partial charge in [-0.1, -0.05) is 52.8 Å². The molecule has 0 bridgehead atoms. The van der Waals surface area contributed by atoms with Gasteiger partial charge in [-0.15, -0.1) is 0 Å². The van der Waals surface area contributed by atoms with Crippen molar-refractivity contribution >= 4 is 0 Å². The minimum Gasteiger partial charge on any atom is -0.329 e. The third-order valence-corrected chi connectivity index (χ3v) is 3.36. The molecule has 0 amide bonds. The minimum absolute atomic E-state index is 0.135. The molecule has 0 aliphatic heterocycles. The van der Waals surface area contributed by atoms with Crippen LogP contribution in [-0.4, -0.2) is 20.3 Å². The Kier molecular flexibility index (Phi) is 3.59. The highest BCUT2D eigenvalue weighted by molar-refractivity contribution is 5.55. The molecule has 0 saturated carbocycles. The fraction of sp³-hybridized carbons (Fsp3) is 0.0588. The van der Waals surface area contributed by atoms with Crippen LogP contribution in [-0.2, 0) is 6.42 Å². The van der Waals surface area contributed by atoms with Gasteiger partial charge in [0.05, 0.1) is 0 Å². The predicted octanol–water partition coefficient (Wildman–Crippen LogP) is 3.52. The summed E-state index contributed by atoms with van der Waals surface area (Å²) in [4.78, 5) is 8.47. The minimum atomic E-state index is -0.305. The van der Waals surface area contributed by atoms with E-state index in [0.29, 0.717) is 18.1 Å². The molecular formula is C17H11FN4O2. The SMILES string of the molecule is Fc1cccc(Cc2noc(-c3nc(-c4ccccc4)no3)n2)c1. The van der Waals surface area contributed by atoms with Crippen molar-refractivity contribution < 1.29 is 13.4 Å². The maximum Gasteiger partial charge on any atom is 0.316 e. The molecule has 6 nitrogen and oxygen atoms in total. The maximum absolute atomic E-state index is 13.2. The number of rotatable bonds is 4. The third kappa shape index (κ3) is 2.91. The van der Waals surface area contributed by atoms with Crippen LogP contribution in [0.3, 0.4) is 0 Å². The summed E-state index contributed by atoms with van der Waals surface area (Å²) in [6, 6.07) is 15.7. The number of benzene rings is 2. The first kappa shape index (κ1) is 14.3. The highest BCUT2D eigenvalue weighted by atomic mass is 19.1. The number of hydrogen-bond acceptors (Lipinski definition) is 6. The first-order valence-corrected chi connectivity index (χ1v) is 7.24. The summed E-state index contributed by atoms with van der Waals surface area (Å²) in [5.74, 6) is 0.828. The molecule has 4 aromatic rings. The van der Waals surface area contributed by atoms with Crippen LogP contribution in [0.25, 0.3) is 23.2 Å². The van der Waals surface area contributed by atoms with E-state index in [2.05, 4.69) is 20.3 Å². The second-order valence-electron chi connectivity index (χ2n) is 5.11. The molecule has 0 aliphatic carbocycles. The van der Waals surface area contributed by atoms with Crippen molar-refractivity contribution in [2.75, 3.05) is 0 Å². The Hall–Kier alpha value is -3.35. The Morgan fingerprint density at radius 1 is 0.833 bits per heavy atom. The van der Waals surface area contributed by atoms with E-state index in [-0.39, 0.29) is 17.6 Å². The van der Waals surface area contributed by atoms with Crippen LogP contribution in [0.15, 0.2) is 63.6 Å². The standard InChI is InChI=1S/C17H11FN4O2/c18-13-8-4-5-11(9-13)10-14-19-16(23-21-14)17-20-15(22-24-17)12-6-2-1-3-7-12/h1-9H,10H2. The molecule has 0 radical (unpaired) electrons. The van der Waals surface area contributed by atoms with Gasteiger partial charge >= 0.3 is 11.8 Å². The summed E-state index contributed by atoms with van der Waals surface area (Å²) in [7, 11) is 0. The van der Waals surface area contributed by atoms with Crippen molar-refractivity contribution in [3.8, 4) is 23.2 Å². The zero-order valence-electron chi connectivity index (χ0n) is 12.4. The van der Waals surface area contributed by atoms with E-state index < -0.39 is 0 Å². The molecule has 118 valence electrons. The molecule has 0 N–H and O–H groups in total. The van der Waals surface area contributed by atoms with Gasteiger partial charge in [-0.05, 0) is 17.7 Å². The predicted molar refractivity (Wildman–Crippen MR) is 82.2 cm³/mol. The quantitative estimate of drug-likeness (QED) is 0.572. The van der Waals surface area contributed by atoms with E-state index in [1.807, 2.05) is 30.3 Å². The zero-order valence-corrected chi connectivity index (χ0v) is 12.4. The number of halogens is 1. The fourth-order valence-electron chi connectivity index (χ4n) is 2.26. The van der Waals surface area contributed by atoms with Crippen molar-refractivity contribution in [2.24, 2.45) is 0 Å². The summed E-state index contributed by atoms with van der Waals surface area (Å²) in [6.45, 7) is 0. The van der Waals surface area contributed by atoms with Gasteiger partial charge < -0.3 is 9.05 Å². The van der Waals surface area contributed by atoms with Crippen molar-refractivity contribution in [1.29, 1.82) is 0 Å². The highest BCUT2D eigenvalue weighted by Crippen LogP contribution is 2.21. The van der Waals surface area contributed by atoms with E-state index in [0.717, 1.165) is 11.1 Å². The van der Waals surface area contributed by atoms with Crippen LogP contribution in [0.1, 0.15) is 11.4 Å². The molecule has 2 aromatic heterocycles. The van der Waals surface area contributed by atoms with E-state index in [9.17, 15) is 4.39 Å². The molecule has 24 heavy (non-hydrogen) atoms. The molecule has 0 saturated heterocycles. The summed E-state index contributed by atoms with van der Waals surface area (Å²) >= 11 is 0. The molecule has 7 heteroatoms. The topological polar surface area (TPSA) is 77.8 Å². The average Bonchev–Trinajstić information content (AvgIpc) is 3.25. The van der Waals surface area contributed by atoms with E-state index >= 15 is 0 Å². The molecule has 2 aromatic carbocycles. The molecule has 0 spiro atoms. The Labute approximate surface area is 136 Å². The zero-order chi connectivity index (χ0) is 16.4. The number of aromatic nitrogens is 4. The lowest BCUT2D eigenvalue weighted by Crippen LogP contribution is -1.91. The monoisotopic (exact) mass is 322 g/mol. The van der Waals surface area contributed by atoms with Gasteiger partial charge in [0.1, 0.15) is 5.82 Å². The van der Waals surface area contributed by atoms with Gasteiger partial charge in [-0.2, -0.15) is 9.97 Å². The molecular weight excluding hydrogens is 311 g/mol. The highest BCUT2D eigenvalue weighted by Gasteiger charge is 2.17. The summed E-state index contributed by atoms with van der Waals surface area (Å²) in [5, 5.41) is 7.77. The van der Waals surface area contributed by atoms with E-state index in [1.165, 1.54) is 12.1 Å². The summed E-state index contributed by atoms with van der Waals surface area (Å²) in [6.07, 6.45) is 0.348. The van der Waals surface area contributed by atoms with Crippen LogP contribution >= 0.6 is 0 Å². The lowest BCUT2D eigenvalue weighted by molar-refractivity contribution is 0.380. The van der Waals surface area contributed by atoms with Crippen LogP contribution in [0.4, 0.5) is 4.39 Å². The maximum atomic E-state index is 13.2. The lowest BCUT2D eigenvalue weighted by atomic mass is 10.1. The van der Waals surface area contributed by atoms with Gasteiger partial charge in [-0.25, -0.2) is 4.39 Å². The average molecular weight is 322 g/mol. The van der Waals surface area contributed by atoms with Crippen molar-refractivity contribution in [3.05, 3.63) is 71.8 Å². The first-order chi connectivity index (χ1) is 11.8. The van der Waals surface area contributed by atoms with Crippen LogP contribution in [0.2, 0.25) is 0 Å². The normalized spacial score (nSPS) is 10.9. The van der Waals surface area contributed by atoms with Crippen LogP contribution in [0.5, 0.6) is 0 Å². The number of hydrogen-bond donors (Lipinski definition) is 0. The lowest BCUT2D eigenvalue weighted by Gasteiger charge is -1.95. The second kappa shape index (κ2) is 6.04. The second-order valence-corrected chi connectivity index (χ2v) is 5.11. The van der Waals surface area contributed by atoms with Gasteiger partial charge in [-0.3, -0.25) is 0 Å². The largest absolute Gasteiger partial charge is 0.329 e. The summed E-state index contributed by atoms with van der Waals surface area (Å²) < 4.78 is 23.5. The Bertz CT molecular complexity index is 965. The molecule has 0 fully saturated rings. The Morgan fingerprint density at radius 3 is 2.46 bits per heavy atom. The van der Waals surface area contributed by atoms with Crippen molar-refractivity contribution in [2.45, 2.75) is 6.42 Å². The first-order valence-electron chi connectivity index (χ1n) is 7.24. The van der Waals surface area contributed by atoms with Gasteiger partial charge in [0, 0.05) is 12.0 Å². The van der Waals surface area contributed by atoms with Crippen molar-refractivity contribution in [1.82, 2.24) is 20.3 Å². The Balaban J connectivity index is 1.56. The number of nitrogens with zero attached hydrogens (tertiary/aromatic N) is 4. The third-order valence-electron chi connectivity index (χ3n) is 3.36. The molecule has 0 atom stereocenters. The molecule has 0 aliphatic rings. The smallest absolute Gasteiger partial charge is 0.316 e. The van der Waals surface area contributed by atoms with E-state index in [1.54, 1.807) is 12.1 Å². The molecule has 0 unspecified atom stereocenters. The summed E-state index contributed by atoms with van der Waals surface area (Å²) in [5.41, 5.74) is 1.57. The van der Waals surface area contributed by atoms with Gasteiger partial charge in [0.2, 0.25) is 5.82 Å².